The molecular formula is C6H6ClN3O2. The maximum absolute atomic E-state index is 10.4. The lowest BCUT2D eigenvalue weighted by Gasteiger charge is -1.99. The molecule has 0 unspecified atom stereocenters. The summed E-state index contributed by atoms with van der Waals surface area (Å²) in [4.78, 5) is 13.4. The average molecular weight is 188 g/mol. The Hall–Kier alpha value is -1.36. The summed E-state index contributed by atoms with van der Waals surface area (Å²) in [7, 11) is 0. The zero-order valence-corrected chi connectivity index (χ0v) is 7.00. The number of halogens is 1. The van der Waals surface area contributed by atoms with Gasteiger partial charge in [-0.05, 0) is 13.0 Å². The van der Waals surface area contributed by atoms with E-state index < -0.39 is 4.92 Å². The van der Waals surface area contributed by atoms with Crippen molar-refractivity contribution in [2.45, 2.75) is 6.92 Å². The monoisotopic (exact) mass is 187 g/mol. The van der Waals surface area contributed by atoms with Gasteiger partial charge in [-0.25, -0.2) is 4.98 Å². The first-order valence-corrected chi connectivity index (χ1v) is 3.47. The SMILES string of the molecule is Cc1cc(N)nc(Cl)c1[N+](=O)[O-]. The van der Waals surface area contributed by atoms with E-state index in [0.29, 0.717) is 5.56 Å². The van der Waals surface area contributed by atoms with Crippen molar-refractivity contribution in [1.82, 2.24) is 4.98 Å². The topological polar surface area (TPSA) is 82.0 Å². The Bertz CT molecular complexity index is 317. The molecule has 0 saturated carbocycles. The molecule has 0 radical (unpaired) electrons. The van der Waals surface area contributed by atoms with Gasteiger partial charge in [0.15, 0.2) is 0 Å². The molecule has 0 aromatic carbocycles. The van der Waals surface area contributed by atoms with Crippen molar-refractivity contribution in [2.75, 3.05) is 5.73 Å². The van der Waals surface area contributed by atoms with Gasteiger partial charge in [0, 0.05) is 5.56 Å². The van der Waals surface area contributed by atoms with Crippen LogP contribution in [0.4, 0.5) is 11.5 Å². The number of nitrogens with two attached hydrogens (primary N) is 1. The summed E-state index contributed by atoms with van der Waals surface area (Å²) in [5.41, 5.74) is 5.54. The van der Waals surface area contributed by atoms with E-state index in [4.69, 9.17) is 17.3 Å². The molecule has 0 aliphatic heterocycles. The van der Waals surface area contributed by atoms with Crippen molar-refractivity contribution in [1.29, 1.82) is 0 Å². The Labute approximate surface area is 73.3 Å². The summed E-state index contributed by atoms with van der Waals surface area (Å²) in [6.07, 6.45) is 0. The quantitative estimate of drug-likeness (QED) is 0.411. The van der Waals surface area contributed by atoms with Crippen molar-refractivity contribution < 1.29 is 4.92 Å². The van der Waals surface area contributed by atoms with Gasteiger partial charge in [0.2, 0.25) is 5.15 Å². The summed E-state index contributed by atoms with van der Waals surface area (Å²) in [5.74, 6) is 0.183. The van der Waals surface area contributed by atoms with Gasteiger partial charge < -0.3 is 5.73 Å². The molecule has 0 aliphatic rings. The number of hydrogen-bond donors (Lipinski definition) is 1. The van der Waals surface area contributed by atoms with Crippen LogP contribution in [0.25, 0.3) is 0 Å². The average Bonchev–Trinajstić information content (AvgIpc) is 1.82. The molecule has 0 amide bonds. The van der Waals surface area contributed by atoms with Gasteiger partial charge in [-0.15, -0.1) is 0 Å². The second kappa shape index (κ2) is 2.94. The van der Waals surface area contributed by atoms with Crippen LogP contribution in [0.15, 0.2) is 6.07 Å². The van der Waals surface area contributed by atoms with E-state index in [1.807, 2.05) is 0 Å². The number of aryl methyl sites for hydroxylation is 1. The first-order valence-electron chi connectivity index (χ1n) is 3.09. The summed E-state index contributed by atoms with van der Waals surface area (Å²) >= 11 is 5.50. The predicted octanol–water partition coefficient (Wildman–Crippen LogP) is 1.53. The Morgan fingerprint density at radius 1 is 1.75 bits per heavy atom. The molecule has 1 aromatic rings. The number of pyridine rings is 1. The third-order valence-corrected chi connectivity index (χ3v) is 1.61. The number of hydrogen-bond acceptors (Lipinski definition) is 4. The molecule has 1 heterocycles. The number of nitrogen functional groups attached to an aromatic ring is 1. The maximum Gasteiger partial charge on any atom is 0.309 e. The Morgan fingerprint density at radius 3 is 2.75 bits per heavy atom. The van der Waals surface area contributed by atoms with Crippen LogP contribution in [0.2, 0.25) is 5.15 Å². The van der Waals surface area contributed by atoms with Crippen LogP contribution in [0.3, 0.4) is 0 Å². The van der Waals surface area contributed by atoms with E-state index in [9.17, 15) is 10.1 Å². The number of nitro groups is 1. The molecule has 1 aromatic heterocycles. The number of aromatic nitrogens is 1. The zero-order chi connectivity index (χ0) is 9.30. The summed E-state index contributed by atoms with van der Waals surface area (Å²) < 4.78 is 0. The number of anilines is 1. The molecule has 0 bridgehead atoms. The van der Waals surface area contributed by atoms with Gasteiger partial charge in [0.25, 0.3) is 0 Å². The molecule has 6 heteroatoms. The summed E-state index contributed by atoms with van der Waals surface area (Å²) in [5, 5.41) is 10.2. The van der Waals surface area contributed by atoms with Crippen molar-refractivity contribution in [3.63, 3.8) is 0 Å². The van der Waals surface area contributed by atoms with Gasteiger partial charge >= 0.3 is 5.69 Å². The van der Waals surface area contributed by atoms with E-state index in [1.165, 1.54) is 6.07 Å². The molecule has 64 valence electrons. The van der Waals surface area contributed by atoms with Gasteiger partial charge in [-0.3, -0.25) is 10.1 Å². The molecule has 0 fully saturated rings. The maximum atomic E-state index is 10.4. The molecule has 0 spiro atoms. The second-order valence-corrected chi connectivity index (χ2v) is 2.62. The highest BCUT2D eigenvalue weighted by Gasteiger charge is 2.17. The first-order chi connectivity index (χ1) is 5.52. The molecular weight excluding hydrogens is 182 g/mol. The Morgan fingerprint density at radius 2 is 2.33 bits per heavy atom. The molecule has 1 rings (SSSR count). The first kappa shape index (κ1) is 8.73. The third-order valence-electron chi connectivity index (χ3n) is 1.34. The van der Waals surface area contributed by atoms with E-state index in [0.717, 1.165) is 0 Å². The van der Waals surface area contributed by atoms with Gasteiger partial charge in [0.05, 0.1) is 4.92 Å². The van der Waals surface area contributed by atoms with Gasteiger partial charge in [-0.2, -0.15) is 0 Å². The van der Waals surface area contributed by atoms with Crippen molar-refractivity contribution in [3.8, 4) is 0 Å². The third kappa shape index (κ3) is 1.45. The fourth-order valence-electron chi connectivity index (χ4n) is 0.871. The Kier molecular flexibility index (Phi) is 2.14. The van der Waals surface area contributed by atoms with E-state index in [-0.39, 0.29) is 16.7 Å². The van der Waals surface area contributed by atoms with Crippen LogP contribution in [0.5, 0.6) is 0 Å². The van der Waals surface area contributed by atoms with Crippen LogP contribution in [-0.2, 0) is 0 Å². The lowest BCUT2D eigenvalue weighted by atomic mass is 10.2. The fraction of sp³-hybridized carbons (Fsp3) is 0.167. The highest BCUT2D eigenvalue weighted by Crippen LogP contribution is 2.26. The van der Waals surface area contributed by atoms with E-state index >= 15 is 0 Å². The molecule has 0 atom stereocenters. The molecule has 0 aliphatic carbocycles. The Balaban J connectivity index is 3.38. The normalized spacial score (nSPS) is 9.83. The van der Waals surface area contributed by atoms with Gasteiger partial charge in [0.1, 0.15) is 5.82 Å². The zero-order valence-electron chi connectivity index (χ0n) is 6.24. The van der Waals surface area contributed by atoms with Crippen molar-refractivity contribution >= 4 is 23.1 Å². The largest absolute Gasteiger partial charge is 0.384 e. The standard InChI is InChI=1S/C6H6ClN3O2/c1-3-2-4(8)9-6(7)5(3)10(11)12/h2H,1H3,(H2,8,9). The number of nitrogens with zero attached hydrogens (tertiary/aromatic N) is 2. The van der Waals surface area contributed by atoms with Crippen LogP contribution in [-0.4, -0.2) is 9.91 Å². The molecule has 5 nitrogen and oxygen atoms in total. The van der Waals surface area contributed by atoms with Crippen LogP contribution in [0, 0.1) is 17.0 Å². The molecule has 2 N–H and O–H groups in total. The molecule has 12 heavy (non-hydrogen) atoms. The predicted molar refractivity (Wildman–Crippen MR) is 45.1 cm³/mol. The van der Waals surface area contributed by atoms with E-state index in [2.05, 4.69) is 4.98 Å². The minimum absolute atomic E-state index is 0.169. The van der Waals surface area contributed by atoms with E-state index in [1.54, 1.807) is 6.92 Å². The highest BCUT2D eigenvalue weighted by molar-refractivity contribution is 6.31. The van der Waals surface area contributed by atoms with Gasteiger partial charge in [-0.1, -0.05) is 11.6 Å². The summed E-state index contributed by atoms with van der Waals surface area (Å²) in [6, 6.07) is 1.41. The van der Waals surface area contributed by atoms with Crippen LogP contribution < -0.4 is 5.73 Å². The number of rotatable bonds is 1. The molecule has 0 saturated heterocycles. The summed E-state index contributed by atoms with van der Waals surface area (Å²) in [6.45, 7) is 1.56. The lowest BCUT2D eigenvalue weighted by molar-refractivity contribution is -0.385. The minimum Gasteiger partial charge on any atom is -0.384 e. The minimum atomic E-state index is -0.579. The highest BCUT2D eigenvalue weighted by atomic mass is 35.5. The van der Waals surface area contributed by atoms with Crippen molar-refractivity contribution in [2.24, 2.45) is 0 Å². The lowest BCUT2D eigenvalue weighted by Crippen LogP contribution is -1.98. The second-order valence-electron chi connectivity index (χ2n) is 2.26. The van der Waals surface area contributed by atoms with Crippen molar-refractivity contribution in [3.05, 3.63) is 26.9 Å². The smallest absolute Gasteiger partial charge is 0.309 e. The van der Waals surface area contributed by atoms with Crippen LogP contribution in [0.1, 0.15) is 5.56 Å². The van der Waals surface area contributed by atoms with Crippen LogP contribution >= 0.6 is 11.6 Å². The fourth-order valence-corrected chi connectivity index (χ4v) is 1.19.